The minimum absolute atomic E-state index is 0.159. The maximum Gasteiger partial charge on any atom is 0.228 e. The van der Waals surface area contributed by atoms with Crippen LogP contribution >= 0.6 is 0 Å². The molecule has 1 amide bonds. The quantitative estimate of drug-likeness (QED) is 0.735. The summed E-state index contributed by atoms with van der Waals surface area (Å²) in [4.78, 5) is 23.7. The lowest BCUT2D eigenvalue weighted by Crippen LogP contribution is -2.41. The van der Waals surface area contributed by atoms with Crippen molar-refractivity contribution in [3.8, 4) is 0 Å². The highest BCUT2D eigenvalue weighted by Gasteiger charge is 2.26. The van der Waals surface area contributed by atoms with Gasteiger partial charge in [0, 0.05) is 44.3 Å². The van der Waals surface area contributed by atoms with Crippen molar-refractivity contribution < 1.29 is 4.79 Å². The molecule has 0 radical (unpaired) electrons. The van der Waals surface area contributed by atoms with Gasteiger partial charge in [0.05, 0.1) is 18.2 Å². The first-order valence-corrected chi connectivity index (χ1v) is 8.96. The zero-order valence-corrected chi connectivity index (χ0v) is 14.5. The van der Waals surface area contributed by atoms with Crippen molar-refractivity contribution in [2.45, 2.75) is 38.6 Å². The minimum Gasteiger partial charge on any atom is -0.340 e. The fourth-order valence-corrected chi connectivity index (χ4v) is 3.70. The zero-order valence-electron chi connectivity index (χ0n) is 14.5. The van der Waals surface area contributed by atoms with Crippen LogP contribution in [0, 0.1) is 0 Å². The number of likely N-dealkylation sites (tertiary alicyclic amines) is 1. The van der Waals surface area contributed by atoms with E-state index in [1.807, 2.05) is 52.3 Å². The van der Waals surface area contributed by atoms with E-state index in [9.17, 15) is 4.79 Å². The zero-order chi connectivity index (χ0) is 17.2. The number of pyridine rings is 1. The van der Waals surface area contributed by atoms with Crippen LogP contribution in [0.4, 0.5) is 0 Å². The summed E-state index contributed by atoms with van der Waals surface area (Å²) in [7, 11) is 0. The number of aryl methyl sites for hydroxylation is 1. The second-order valence-corrected chi connectivity index (χ2v) is 6.62. The summed E-state index contributed by atoms with van der Waals surface area (Å²) < 4.78 is 4.20. The molecule has 1 fully saturated rings. The van der Waals surface area contributed by atoms with E-state index in [4.69, 9.17) is 0 Å². The fourth-order valence-electron chi connectivity index (χ4n) is 3.70. The summed E-state index contributed by atoms with van der Waals surface area (Å²) in [6.07, 6.45) is 11.2. The average Bonchev–Trinajstić information content (AvgIpc) is 3.27. The topological polar surface area (TPSA) is 55.4 Å². The largest absolute Gasteiger partial charge is 0.340 e. The van der Waals surface area contributed by atoms with Gasteiger partial charge < -0.3 is 13.9 Å². The molecule has 0 aromatic carbocycles. The standard InChI is InChI=1S/C19H23N5O/c1-2-17-20-8-11-24(17)16-6-5-10-23(14-16)19(25)12-15-13-22-9-4-3-7-18(22)21-15/h3-4,7-9,11,13,16H,2,5-6,10,12,14H2,1H3/t16-/m1/s1. The molecule has 0 aliphatic carbocycles. The van der Waals surface area contributed by atoms with E-state index in [0.29, 0.717) is 12.5 Å². The molecule has 1 atom stereocenters. The van der Waals surface area contributed by atoms with Crippen LogP contribution in [-0.2, 0) is 17.6 Å². The van der Waals surface area contributed by atoms with Gasteiger partial charge in [-0.2, -0.15) is 0 Å². The SMILES string of the molecule is CCc1nccn1[C@@H]1CCCN(C(=O)Cc2cn3ccccc3n2)C1. The third kappa shape index (κ3) is 3.16. The summed E-state index contributed by atoms with van der Waals surface area (Å²) in [5.74, 6) is 1.26. The van der Waals surface area contributed by atoms with Crippen LogP contribution < -0.4 is 0 Å². The van der Waals surface area contributed by atoms with Crippen LogP contribution in [0.3, 0.4) is 0 Å². The number of aromatic nitrogens is 4. The van der Waals surface area contributed by atoms with Crippen LogP contribution in [0.1, 0.15) is 37.3 Å². The Morgan fingerprint density at radius 1 is 1.32 bits per heavy atom. The Morgan fingerprint density at radius 3 is 3.08 bits per heavy atom. The van der Waals surface area contributed by atoms with E-state index < -0.39 is 0 Å². The molecule has 0 unspecified atom stereocenters. The predicted molar refractivity (Wildman–Crippen MR) is 95.4 cm³/mol. The van der Waals surface area contributed by atoms with Gasteiger partial charge in [-0.15, -0.1) is 0 Å². The van der Waals surface area contributed by atoms with Gasteiger partial charge in [0.25, 0.3) is 0 Å². The van der Waals surface area contributed by atoms with Gasteiger partial charge in [-0.1, -0.05) is 13.0 Å². The minimum atomic E-state index is 0.159. The summed E-state index contributed by atoms with van der Waals surface area (Å²) in [5.41, 5.74) is 1.71. The van der Waals surface area contributed by atoms with Crippen LogP contribution in [0.25, 0.3) is 5.65 Å². The maximum absolute atomic E-state index is 12.8. The molecule has 3 aromatic heterocycles. The van der Waals surface area contributed by atoms with Crippen molar-refractivity contribution in [1.82, 2.24) is 23.8 Å². The van der Waals surface area contributed by atoms with E-state index in [1.165, 1.54) is 0 Å². The molecule has 1 aliphatic rings. The van der Waals surface area contributed by atoms with Crippen molar-refractivity contribution in [2.24, 2.45) is 0 Å². The fraction of sp³-hybridized carbons (Fsp3) is 0.421. The molecule has 0 N–H and O–H groups in total. The average molecular weight is 337 g/mol. The molecule has 0 spiro atoms. The van der Waals surface area contributed by atoms with Gasteiger partial charge in [-0.3, -0.25) is 4.79 Å². The summed E-state index contributed by atoms with van der Waals surface area (Å²) in [5, 5.41) is 0. The van der Waals surface area contributed by atoms with Gasteiger partial charge in [0.2, 0.25) is 5.91 Å². The van der Waals surface area contributed by atoms with E-state index in [2.05, 4.69) is 21.5 Å². The summed E-state index contributed by atoms with van der Waals surface area (Å²) in [6, 6.07) is 6.21. The molecule has 1 saturated heterocycles. The number of amides is 1. The molecule has 4 heterocycles. The molecule has 3 aromatic rings. The second-order valence-electron chi connectivity index (χ2n) is 6.62. The molecule has 0 saturated carbocycles. The van der Waals surface area contributed by atoms with Gasteiger partial charge in [-0.05, 0) is 25.0 Å². The molecule has 4 rings (SSSR count). The maximum atomic E-state index is 12.8. The normalized spacial score (nSPS) is 18.0. The highest BCUT2D eigenvalue weighted by molar-refractivity contribution is 5.78. The van der Waals surface area contributed by atoms with E-state index >= 15 is 0 Å². The van der Waals surface area contributed by atoms with Crippen molar-refractivity contribution in [3.05, 3.63) is 54.5 Å². The van der Waals surface area contributed by atoms with Gasteiger partial charge in [0.1, 0.15) is 11.5 Å². The third-order valence-corrected chi connectivity index (χ3v) is 4.95. The number of imidazole rings is 2. The monoisotopic (exact) mass is 337 g/mol. The first-order chi connectivity index (χ1) is 12.2. The van der Waals surface area contributed by atoms with Crippen LogP contribution in [-0.4, -0.2) is 42.8 Å². The number of carbonyl (C=O) groups is 1. The number of carbonyl (C=O) groups excluding carboxylic acids is 1. The highest BCUT2D eigenvalue weighted by atomic mass is 16.2. The molecule has 1 aliphatic heterocycles. The summed E-state index contributed by atoms with van der Waals surface area (Å²) >= 11 is 0. The molecule has 6 nitrogen and oxygen atoms in total. The van der Waals surface area contributed by atoms with Crippen molar-refractivity contribution in [3.63, 3.8) is 0 Å². The van der Waals surface area contributed by atoms with Crippen molar-refractivity contribution >= 4 is 11.6 Å². The number of rotatable bonds is 4. The second kappa shape index (κ2) is 6.70. The Hall–Kier alpha value is -2.63. The van der Waals surface area contributed by atoms with E-state index in [0.717, 1.165) is 49.5 Å². The van der Waals surface area contributed by atoms with Crippen LogP contribution in [0.15, 0.2) is 43.0 Å². The predicted octanol–water partition coefficient (Wildman–Crippen LogP) is 2.50. The smallest absolute Gasteiger partial charge is 0.228 e. The molecule has 25 heavy (non-hydrogen) atoms. The van der Waals surface area contributed by atoms with Gasteiger partial charge >= 0.3 is 0 Å². The Kier molecular flexibility index (Phi) is 4.26. The highest BCUT2D eigenvalue weighted by Crippen LogP contribution is 2.23. The van der Waals surface area contributed by atoms with Crippen LogP contribution in [0.5, 0.6) is 0 Å². The first kappa shape index (κ1) is 15.9. The Bertz CT molecular complexity index is 848. The first-order valence-electron chi connectivity index (χ1n) is 8.96. The lowest BCUT2D eigenvalue weighted by molar-refractivity contribution is -0.132. The Labute approximate surface area is 147 Å². The van der Waals surface area contributed by atoms with Crippen molar-refractivity contribution in [1.29, 1.82) is 0 Å². The molecule has 0 bridgehead atoms. The van der Waals surface area contributed by atoms with Crippen molar-refractivity contribution in [2.75, 3.05) is 13.1 Å². The summed E-state index contributed by atoms with van der Waals surface area (Å²) in [6.45, 7) is 3.71. The Morgan fingerprint density at radius 2 is 2.24 bits per heavy atom. The molecular weight excluding hydrogens is 314 g/mol. The van der Waals surface area contributed by atoms with Gasteiger partial charge in [-0.25, -0.2) is 9.97 Å². The van der Waals surface area contributed by atoms with E-state index in [-0.39, 0.29) is 5.91 Å². The molecular formula is C19H23N5O. The van der Waals surface area contributed by atoms with E-state index in [1.54, 1.807) is 0 Å². The van der Waals surface area contributed by atoms with Crippen LogP contribution in [0.2, 0.25) is 0 Å². The number of nitrogens with zero attached hydrogens (tertiary/aromatic N) is 5. The molecule has 130 valence electrons. The number of fused-ring (bicyclic) bond motifs is 1. The third-order valence-electron chi connectivity index (χ3n) is 4.95. The molecule has 6 heteroatoms. The number of hydrogen-bond acceptors (Lipinski definition) is 3. The van der Waals surface area contributed by atoms with Gasteiger partial charge in [0.15, 0.2) is 0 Å². The lowest BCUT2D eigenvalue weighted by atomic mass is 10.0. The Balaban J connectivity index is 1.46. The number of hydrogen-bond donors (Lipinski definition) is 0. The number of piperidine rings is 1. The lowest BCUT2D eigenvalue weighted by Gasteiger charge is -2.34.